The lowest BCUT2D eigenvalue weighted by Crippen LogP contribution is -2.48. The van der Waals surface area contributed by atoms with E-state index in [1.165, 1.54) is 12.8 Å². The molecule has 2 aromatic carbocycles. The molecule has 0 N–H and O–H groups in total. The molecule has 4 rings (SSSR count). The van der Waals surface area contributed by atoms with Gasteiger partial charge in [0.2, 0.25) is 0 Å². The summed E-state index contributed by atoms with van der Waals surface area (Å²) in [6.45, 7) is 6.25. The predicted octanol–water partition coefficient (Wildman–Crippen LogP) is 3.71. The first kappa shape index (κ1) is 23.6. The minimum Gasteiger partial charge on any atom is -0.497 e. The quantitative estimate of drug-likeness (QED) is 0.451. The van der Waals surface area contributed by atoms with E-state index in [9.17, 15) is 4.79 Å². The van der Waals surface area contributed by atoms with Gasteiger partial charge in [0, 0.05) is 51.2 Å². The van der Waals surface area contributed by atoms with E-state index in [-0.39, 0.29) is 5.97 Å². The van der Waals surface area contributed by atoms with Crippen LogP contribution in [0, 0.1) is 0 Å². The fraction of sp³-hybridized carbons (Fsp3) is 0.333. The van der Waals surface area contributed by atoms with Crippen molar-refractivity contribution in [3.63, 3.8) is 0 Å². The molecule has 178 valence electrons. The molecule has 1 aliphatic heterocycles. The lowest BCUT2D eigenvalue weighted by atomic mass is 10.1. The van der Waals surface area contributed by atoms with E-state index in [2.05, 4.69) is 50.0 Å². The van der Waals surface area contributed by atoms with E-state index in [1.807, 2.05) is 30.3 Å². The van der Waals surface area contributed by atoms with Gasteiger partial charge < -0.3 is 19.3 Å². The Morgan fingerprint density at radius 3 is 2.41 bits per heavy atom. The lowest BCUT2D eigenvalue weighted by molar-refractivity contribution is 0.0601. The Labute approximate surface area is 201 Å². The Kier molecular flexibility index (Phi) is 7.99. The third kappa shape index (κ3) is 5.85. The first-order valence-electron chi connectivity index (χ1n) is 11.6. The summed E-state index contributed by atoms with van der Waals surface area (Å²) in [5.41, 5.74) is 3.54. The molecular weight excluding hydrogens is 428 g/mol. The molecule has 2 heterocycles. The second-order valence-corrected chi connectivity index (χ2v) is 8.28. The average Bonchev–Trinajstić information content (AvgIpc) is 2.91. The van der Waals surface area contributed by atoms with Gasteiger partial charge in [-0.15, -0.1) is 0 Å². The summed E-state index contributed by atoms with van der Waals surface area (Å²) in [5, 5.41) is 0. The molecule has 34 heavy (non-hydrogen) atoms. The lowest BCUT2D eigenvalue weighted by Gasteiger charge is -2.37. The molecule has 0 radical (unpaired) electrons. The zero-order valence-corrected chi connectivity index (χ0v) is 19.9. The number of hydrogen-bond acceptors (Lipinski definition) is 7. The number of hydrogen-bond donors (Lipinski definition) is 0. The smallest absolute Gasteiger partial charge is 0.340 e. The molecule has 0 aliphatic carbocycles. The van der Waals surface area contributed by atoms with Crippen molar-refractivity contribution in [3.05, 3.63) is 84.2 Å². The molecule has 7 heteroatoms. The van der Waals surface area contributed by atoms with Crippen molar-refractivity contribution >= 4 is 17.3 Å². The minimum absolute atomic E-state index is 0.378. The van der Waals surface area contributed by atoms with E-state index in [0.717, 1.165) is 50.6 Å². The normalized spacial score (nSPS) is 14.0. The molecule has 0 amide bonds. The number of nitrogens with zero attached hydrogens (tertiary/aromatic N) is 4. The second kappa shape index (κ2) is 11.5. The second-order valence-electron chi connectivity index (χ2n) is 8.28. The molecule has 0 bridgehead atoms. The standard InChI is InChI=1S/C27H32N4O3/c1-33-24-11-12-26(25(20-24)27(32)34-2)31(21-22-8-6-7-13-28-22)19-16-29-14-17-30(18-15-29)23-9-4-3-5-10-23/h3-13,20H,14-19,21H2,1-2H3. The number of aromatic nitrogens is 1. The van der Waals surface area contributed by atoms with Gasteiger partial charge in [-0.05, 0) is 42.5 Å². The molecule has 1 aromatic heterocycles. The summed E-state index contributed by atoms with van der Waals surface area (Å²) in [4.78, 5) is 24.2. The van der Waals surface area contributed by atoms with E-state index in [4.69, 9.17) is 9.47 Å². The Balaban J connectivity index is 1.48. The number of carbonyl (C=O) groups is 1. The van der Waals surface area contributed by atoms with Crippen LogP contribution in [0.5, 0.6) is 5.75 Å². The predicted molar refractivity (Wildman–Crippen MR) is 135 cm³/mol. The van der Waals surface area contributed by atoms with Crippen molar-refractivity contribution in [2.45, 2.75) is 6.54 Å². The highest BCUT2D eigenvalue weighted by Crippen LogP contribution is 2.27. The maximum absolute atomic E-state index is 12.6. The topological polar surface area (TPSA) is 58.1 Å². The van der Waals surface area contributed by atoms with E-state index in [0.29, 0.717) is 17.9 Å². The van der Waals surface area contributed by atoms with Crippen LogP contribution >= 0.6 is 0 Å². The van der Waals surface area contributed by atoms with E-state index in [1.54, 1.807) is 19.4 Å². The molecule has 0 spiro atoms. The van der Waals surface area contributed by atoms with Crippen LogP contribution in [0.25, 0.3) is 0 Å². The monoisotopic (exact) mass is 460 g/mol. The summed E-state index contributed by atoms with van der Waals surface area (Å²) < 4.78 is 10.4. The highest BCUT2D eigenvalue weighted by atomic mass is 16.5. The molecule has 1 saturated heterocycles. The summed E-state index contributed by atoms with van der Waals surface area (Å²) >= 11 is 0. The Hall–Kier alpha value is -3.58. The highest BCUT2D eigenvalue weighted by Gasteiger charge is 2.22. The molecule has 1 aliphatic rings. The van der Waals surface area contributed by atoms with Gasteiger partial charge in [-0.2, -0.15) is 0 Å². The number of rotatable bonds is 9. The van der Waals surface area contributed by atoms with Gasteiger partial charge in [0.25, 0.3) is 0 Å². The van der Waals surface area contributed by atoms with E-state index < -0.39 is 0 Å². The number of benzene rings is 2. The third-order valence-corrected chi connectivity index (χ3v) is 6.21. The van der Waals surface area contributed by atoms with Crippen LogP contribution in [0.3, 0.4) is 0 Å². The number of ether oxygens (including phenoxy) is 2. The first-order chi connectivity index (χ1) is 16.7. The van der Waals surface area contributed by atoms with Crippen molar-refractivity contribution in [1.82, 2.24) is 9.88 Å². The van der Waals surface area contributed by atoms with Crippen LogP contribution in [-0.4, -0.2) is 69.3 Å². The third-order valence-electron chi connectivity index (χ3n) is 6.21. The van der Waals surface area contributed by atoms with Gasteiger partial charge in [0.15, 0.2) is 0 Å². The molecule has 0 unspecified atom stereocenters. The molecule has 3 aromatic rings. The van der Waals surface area contributed by atoms with Crippen LogP contribution in [0.2, 0.25) is 0 Å². The number of esters is 1. The maximum atomic E-state index is 12.6. The zero-order chi connectivity index (χ0) is 23.8. The van der Waals surface area contributed by atoms with Crippen LogP contribution < -0.4 is 14.5 Å². The number of para-hydroxylation sites is 1. The molecule has 1 fully saturated rings. The highest BCUT2D eigenvalue weighted by molar-refractivity contribution is 5.96. The summed E-state index contributed by atoms with van der Waals surface area (Å²) in [6, 6.07) is 22.0. The van der Waals surface area contributed by atoms with Crippen molar-refractivity contribution in [2.24, 2.45) is 0 Å². The van der Waals surface area contributed by atoms with Gasteiger partial charge in [-0.25, -0.2) is 4.79 Å². The van der Waals surface area contributed by atoms with Crippen LogP contribution in [-0.2, 0) is 11.3 Å². The van der Waals surface area contributed by atoms with Gasteiger partial charge in [-0.3, -0.25) is 9.88 Å². The number of carbonyl (C=O) groups excluding carboxylic acids is 1. The Morgan fingerprint density at radius 1 is 0.971 bits per heavy atom. The molecule has 7 nitrogen and oxygen atoms in total. The molecule has 0 saturated carbocycles. The Bertz CT molecular complexity index is 1050. The number of methoxy groups -OCH3 is 2. The average molecular weight is 461 g/mol. The zero-order valence-electron chi connectivity index (χ0n) is 19.9. The van der Waals surface area contributed by atoms with Crippen molar-refractivity contribution in [2.75, 3.05) is 63.3 Å². The first-order valence-corrected chi connectivity index (χ1v) is 11.6. The van der Waals surface area contributed by atoms with Gasteiger partial charge in [-0.1, -0.05) is 24.3 Å². The van der Waals surface area contributed by atoms with Crippen molar-refractivity contribution < 1.29 is 14.3 Å². The summed E-state index contributed by atoms with van der Waals surface area (Å²) in [7, 11) is 3.00. The van der Waals surface area contributed by atoms with Crippen molar-refractivity contribution in [3.8, 4) is 5.75 Å². The SMILES string of the molecule is COC(=O)c1cc(OC)ccc1N(CCN1CCN(c2ccccc2)CC1)Cc1ccccn1. The largest absolute Gasteiger partial charge is 0.497 e. The number of pyridine rings is 1. The summed E-state index contributed by atoms with van der Waals surface area (Å²) in [5.74, 6) is 0.246. The minimum atomic E-state index is -0.378. The molecular formula is C27H32N4O3. The van der Waals surface area contributed by atoms with Crippen LogP contribution in [0.4, 0.5) is 11.4 Å². The fourth-order valence-electron chi connectivity index (χ4n) is 4.29. The van der Waals surface area contributed by atoms with Gasteiger partial charge in [0.05, 0.1) is 37.7 Å². The van der Waals surface area contributed by atoms with Crippen molar-refractivity contribution in [1.29, 1.82) is 0 Å². The Morgan fingerprint density at radius 2 is 1.74 bits per heavy atom. The maximum Gasteiger partial charge on any atom is 0.340 e. The number of piperazine rings is 1. The summed E-state index contributed by atoms with van der Waals surface area (Å²) in [6.07, 6.45) is 1.80. The van der Waals surface area contributed by atoms with Gasteiger partial charge in [0.1, 0.15) is 5.75 Å². The van der Waals surface area contributed by atoms with Gasteiger partial charge >= 0.3 is 5.97 Å². The van der Waals surface area contributed by atoms with Crippen LogP contribution in [0.1, 0.15) is 16.1 Å². The van der Waals surface area contributed by atoms with Crippen LogP contribution in [0.15, 0.2) is 72.9 Å². The fourth-order valence-corrected chi connectivity index (χ4v) is 4.29. The molecule has 0 atom stereocenters. The number of anilines is 2. The van der Waals surface area contributed by atoms with E-state index >= 15 is 0 Å².